The fourth-order valence-corrected chi connectivity index (χ4v) is 2.85. The molecule has 3 N–H and O–H groups in total. The van der Waals surface area contributed by atoms with Crippen LogP contribution in [0.4, 0.5) is 5.69 Å². The molecule has 0 saturated heterocycles. The summed E-state index contributed by atoms with van der Waals surface area (Å²) < 4.78 is 1.02. The van der Waals surface area contributed by atoms with Gasteiger partial charge in [0, 0.05) is 10.2 Å². The van der Waals surface area contributed by atoms with E-state index in [-0.39, 0.29) is 11.8 Å². The van der Waals surface area contributed by atoms with Gasteiger partial charge in [-0.2, -0.15) is 0 Å². The third kappa shape index (κ3) is 2.32. The number of nitrogens with two attached hydrogens (primary N) is 1. The summed E-state index contributed by atoms with van der Waals surface area (Å²) in [5, 5.41) is 3.34. The Morgan fingerprint density at radius 1 is 1.47 bits per heavy atom. The van der Waals surface area contributed by atoms with Gasteiger partial charge in [-0.05, 0) is 43.0 Å². The van der Waals surface area contributed by atoms with Crippen LogP contribution in [0.1, 0.15) is 26.2 Å². The molecule has 1 amide bonds. The second-order valence-corrected chi connectivity index (χ2v) is 5.68. The van der Waals surface area contributed by atoms with E-state index in [2.05, 4.69) is 28.2 Å². The predicted octanol–water partition coefficient (Wildman–Crippen LogP) is 2.91. The van der Waals surface area contributed by atoms with Gasteiger partial charge in [0.15, 0.2) is 0 Å². The number of halogens is 1. The summed E-state index contributed by atoms with van der Waals surface area (Å²) >= 11 is 3.39. The molecule has 2 unspecified atom stereocenters. The van der Waals surface area contributed by atoms with Crippen LogP contribution >= 0.6 is 15.9 Å². The molecule has 1 aliphatic carbocycles. The molecule has 2 atom stereocenters. The molecule has 1 aromatic rings. The van der Waals surface area contributed by atoms with Gasteiger partial charge in [-0.3, -0.25) is 4.79 Å². The number of carbonyl (C=O) groups is 1. The van der Waals surface area contributed by atoms with Crippen LogP contribution in [-0.4, -0.2) is 11.4 Å². The van der Waals surface area contributed by atoms with E-state index in [9.17, 15) is 4.79 Å². The zero-order valence-corrected chi connectivity index (χ0v) is 11.5. The molecule has 0 heterocycles. The monoisotopic (exact) mass is 296 g/mol. The van der Waals surface area contributed by atoms with E-state index < -0.39 is 5.54 Å². The molecule has 0 bridgehead atoms. The van der Waals surface area contributed by atoms with Crippen molar-refractivity contribution in [3.05, 3.63) is 28.7 Å². The van der Waals surface area contributed by atoms with E-state index in [0.29, 0.717) is 0 Å². The van der Waals surface area contributed by atoms with Crippen molar-refractivity contribution in [1.82, 2.24) is 0 Å². The topological polar surface area (TPSA) is 55.1 Å². The highest BCUT2D eigenvalue weighted by Gasteiger charge is 2.45. The summed E-state index contributed by atoms with van der Waals surface area (Å²) in [4.78, 5) is 11.8. The van der Waals surface area contributed by atoms with Gasteiger partial charge in [-0.25, -0.2) is 0 Å². The summed E-state index contributed by atoms with van der Waals surface area (Å²) in [5.74, 6) is 0.0362. The number of carbonyl (C=O) groups excluding carboxylic acids is 1. The molecule has 17 heavy (non-hydrogen) atoms. The summed E-state index contributed by atoms with van der Waals surface area (Å²) in [6.07, 6.45) is 2.92. The standard InChI is InChI=1S/C13H17BrN2O/c1-9-3-2-8-13(9,12(15)17)16-11-6-4-10(14)5-7-11/h4-7,9,16H,2-3,8H2,1H3,(H2,15,17). The van der Waals surface area contributed by atoms with Crippen molar-refractivity contribution >= 4 is 27.5 Å². The van der Waals surface area contributed by atoms with Crippen LogP contribution in [0.15, 0.2) is 28.7 Å². The summed E-state index contributed by atoms with van der Waals surface area (Å²) in [6.45, 7) is 2.09. The highest BCUT2D eigenvalue weighted by Crippen LogP contribution is 2.38. The highest BCUT2D eigenvalue weighted by atomic mass is 79.9. The smallest absolute Gasteiger partial charge is 0.243 e. The van der Waals surface area contributed by atoms with Gasteiger partial charge >= 0.3 is 0 Å². The Morgan fingerprint density at radius 3 is 2.59 bits per heavy atom. The van der Waals surface area contributed by atoms with Crippen LogP contribution in [-0.2, 0) is 4.79 Å². The van der Waals surface area contributed by atoms with Crippen LogP contribution in [0.2, 0.25) is 0 Å². The minimum atomic E-state index is -0.576. The molecule has 3 nitrogen and oxygen atoms in total. The molecule has 1 aliphatic rings. The Morgan fingerprint density at radius 2 is 2.12 bits per heavy atom. The molecule has 1 fully saturated rings. The number of amides is 1. The predicted molar refractivity (Wildman–Crippen MR) is 72.7 cm³/mol. The van der Waals surface area contributed by atoms with Gasteiger partial charge in [0.2, 0.25) is 5.91 Å². The van der Waals surface area contributed by atoms with Crippen LogP contribution in [0, 0.1) is 5.92 Å². The summed E-state index contributed by atoms with van der Waals surface area (Å²) in [5.41, 5.74) is 5.96. The lowest BCUT2D eigenvalue weighted by molar-refractivity contribution is -0.123. The van der Waals surface area contributed by atoms with Crippen LogP contribution in [0.25, 0.3) is 0 Å². The van der Waals surface area contributed by atoms with Crippen molar-refractivity contribution in [2.45, 2.75) is 31.7 Å². The highest BCUT2D eigenvalue weighted by molar-refractivity contribution is 9.10. The summed E-state index contributed by atoms with van der Waals surface area (Å²) in [6, 6.07) is 7.83. The van der Waals surface area contributed by atoms with Crippen molar-refractivity contribution in [3.8, 4) is 0 Å². The van der Waals surface area contributed by atoms with Gasteiger partial charge in [0.05, 0.1) is 0 Å². The van der Waals surface area contributed by atoms with Gasteiger partial charge < -0.3 is 11.1 Å². The van der Waals surface area contributed by atoms with E-state index >= 15 is 0 Å². The molecule has 92 valence electrons. The van der Waals surface area contributed by atoms with E-state index in [1.54, 1.807) is 0 Å². The van der Waals surface area contributed by atoms with Crippen molar-refractivity contribution in [2.75, 3.05) is 5.32 Å². The van der Waals surface area contributed by atoms with E-state index in [0.717, 1.165) is 29.4 Å². The van der Waals surface area contributed by atoms with E-state index in [4.69, 9.17) is 5.73 Å². The normalized spacial score (nSPS) is 28.0. The Hall–Kier alpha value is -1.03. The van der Waals surface area contributed by atoms with Gasteiger partial charge in [-0.15, -0.1) is 0 Å². The quantitative estimate of drug-likeness (QED) is 0.901. The van der Waals surface area contributed by atoms with E-state index in [1.807, 2.05) is 24.3 Å². The zero-order chi connectivity index (χ0) is 12.5. The number of hydrogen-bond donors (Lipinski definition) is 2. The Labute approximate surface area is 110 Å². The zero-order valence-electron chi connectivity index (χ0n) is 9.87. The first-order valence-electron chi connectivity index (χ1n) is 5.88. The molecule has 1 saturated carbocycles. The lowest BCUT2D eigenvalue weighted by Crippen LogP contribution is -2.52. The molecule has 4 heteroatoms. The fraction of sp³-hybridized carbons (Fsp3) is 0.462. The van der Waals surface area contributed by atoms with Gasteiger partial charge in [-0.1, -0.05) is 29.3 Å². The molecular formula is C13H17BrN2O. The molecule has 0 aliphatic heterocycles. The number of rotatable bonds is 3. The minimum absolute atomic E-state index is 0.245. The lowest BCUT2D eigenvalue weighted by atomic mass is 9.87. The molecule has 0 spiro atoms. The van der Waals surface area contributed by atoms with Crippen molar-refractivity contribution < 1.29 is 4.79 Å². The molecule has 2 rings (SSSR count). The van der Waals surface area contributed by atoms with Crippen molar-refractivity contribution in [1.29, 1.82) is 0 Å². The Bertz CT molecular complexity index is 418. The van der Waals surface area contributed by atoms with Crippen LogP contribution in [0.3, 0.4) is 0 Å². The van der Waals surface area contributed by atoms with Crippen molar-refractivity contribution in [3.63, 3.8) is 0 Å². The first-order valence-corrected chi connectivity index (χ1v) is 6.67. The van der Waals surface area contributed by atoms with Crippen molar-refractivity contribution in [2.24, 2.45) is 11.7 Å². The molecule has 1 aromatic carbocycles. The second kappa shape index (κ2) is 4.69. The summed E-state index contributed by atoms with van der Waals surface area (Å²) in [7, 11) is 0. The van der Waals surface area contributed by atoms with Gasteiger partial charge in [0.1, 0.15) is 5.54 Å². The van der Waals surface area contributed by atoms with Crippen LogP contribution in [0.5, 0.6) is 0 Å². The Kier molecular flexibility index (Phi) is 3.43. The molecular weight excluding hydrogens is 280 g/mol. The molecule has 0 aromatic heterocycles. The third-order valence-corrected chi connectivity index (χ3v) is 4.23. The SMILES string of the molecule is CC1CCCC1(Nc1ccc(Br)cc1)C(N)=O. The lowest BCUT2D eigenvalue weighted by Gasteiger charge is -2.32. The number of hydrogen-bond acceptors (Lipinski definition) is 2. The van der Waals surface area contributed by atoms with E-state index in [1.165, 1.54) is 0 Å². The van der Waals surface area contributed by atoms with Crippen LogP contribution < -0.4 is 11.1 Å². The maximum atomic E-state index is 11.8. The fourth-order valence-electron chi connectivity index (χ4n) is 2.58. The second-order valence-electron chi connectivity index (χ2n) is 4.76. The average molecular weight is 297 g/mol. The number of nitrogens with one attached hydrogen (secondary N) is 1. The largest absolute Gasteiger partial charge is 0.371 e. The third-order valence-electron chi connectivity index (χ3n) is 3.70. The number of anilines is 1. The first-order chi connectivity index (χ1) is 8.04. The maximum absolute atomic E-state index is 11.8. The van der Waals surface area contributed by atoms with Gasteiger partial charge in [0.25, 0.3) is 0 Å². The Balaban J connectivity index is 2.24. The molecule has 0 radical (unpaired) electrons. The number of primary amides is 1. The maximum Gasteiger partial charge on any atom is 0.243 e. The average Bonchev–Trinajstić information content (AvgIpc) is 2.65. The first kappa shape index (κ1) is 12.4. The minimum Gasteiger partial charge on any atom is -0.371 e. The number of benzene rings is 1.